The van der Waals surface area contributed by atoms with Crippen molar-refractivity contribution in [1.82, 2.24) is 10.3 Å². The van der Waals surface area contributed by atoms with Crippen LogP contribution in [0.1, 0.15) is 38.7 Å². The van der Waals surface area contributed by atoms with Gasteiger partial charge in [0, 0.05) is 25.0 Å². The van der Waals surface area contributed by atoms with Gasteiger partial charge in [-0.1, -0.05) is 13.8 Å². The maximum atomic E-state index is 4.03. The Kier molecular flexibility index (Phi) is 3.94. The van der Waals surface area contributed by atoms with Gasteiger partial charge in [-0.2, -0.15) is 0 Å². The molecule has 0 aromatic carbocycles. The summed E-state index contributed by atoms with van der Waals surface area (Å²) in [5.41, 5.74) is 1.33. The highest BCUT2D eigenvalue weighted by Gasteiger charge is 2.23. The molecule has 0 amide bonds. The molecule has 1 fully saturated rings. The SMILES string of the molecule is CC1CCC(NCc2ccncc2)CC1C. The summed E-state index contributed by atoms with van der Waals surface area (Å²) in [6.45, 7) is 5.74. The molecule has 2 rings (SSSR count). The van der Waals surface area contributed by atoms with Crippen LogP contribution in [0.3, 0.4) is 0 Å². The Hall–Kier alpha value is -0.890. The molecular weight excluding hydrogens is 196 g/mol. The normalized spacial score (nSPS) is 30.2. The highest BCUT2D eigenvalue weighted by molar-refractivity contribution is 5.09. The quantitative estimate of drug-likeness (QED) is 0.843. The molecule has 1 aliphatic carbocycles. The third kappa shape index (κ3) is 3.05. The van der Waals surface area contributed by atoms with Crippen molar-refractivity contribution in [3.05, 3.63) is 30.1 Å². The Bertz CT molecular complexity index is 310. The summed E-state index contributed by atoms with van der Waals surface area (Å²) < 4.78 is 0. The molecule has 1 aliphatic rings. The highest BCUT2D eigenvalue weighted by Crippen LogP contribution is 2.29. The molecule has 3 atom stereocenters. The summed E-state index contributed by atoms with van der Waals surface area (Å²) in [6, 6.07) is 4.88. The maximum Gasteiger partial charge on any atom is 0.0271 e. The molecule has 0 bridgehead atoms. The smallest absolute Gasteiger partial charge is 0.0271 e. The van der Waals surface area contributed by atoms with Gasteiger partial charge in [0.1, 0.15) is 0 Å². The Morgan fingerprint density at radius 1 is 1.19 bits per heavy atom. The van der Waals surface area contributed by atoms with Crippen LogP contribution in [-0.2, 0) is 6.54 Å². The number of hydrogen-bond donors (Lipinski definition) is 1. The number of pyridine rings is 1. The van der Waals surface area contributed by atoms with E-state index in [0.29, 0.717) is 6.04 Å². The molecule has 1 aromatic rings. The van der Waals surface area contributed by atoms with Crippen LogP contribution in [0.5, 0.6) is 0 Å². The van der Waals surface area contributed by atoms with Crippen molar-refractivity contribution in [3.8, 4) is 0 Å². The first-order valence-corrected chi connectivity index (χ1v) is 6.38. The number of nitrogens with one attached hydrogen (secondary N) is 1. The predicted octanol–water partition coefficient (Wildman–Crippen LogP) is 3.00. The first kappa shape index (κ1) is 11.6. The van der Waals surface area contributed by atoms with Crippen LogP contribution < -0.4 is 5.32 Å². The lowest BCUT2D eigenvalue weighted by molar-refractivity contribution is 0.225. The standard InChI is InChI=1S/C14H22N2/c1-11-3-4-14(9-12(11)2)16-10-13-5-7-15-8-6-13/h5-8,11-12,14,16H,3-4,9-10H2,1-2H3. The van der Waals surface area contributed by atoms with Crippen molar-refractivity contribution in [2.75, 3.05) is 0 Å². The van der Waals surface area contributed by atoms with Gasteiger partial charge in [0.15, 0.2) is 0 Å². The van der Waals surface area contributed by atoms with Crippen LogP contribution in [0, 0.1) is 11.8 Å². The molecule has 16 heavy (non-hydrogen) atoms. The van der Waals surface area contributed by atoms with E-state index in [2.05, 4.69) is 36.3 Å². The maximum absolute atomic E-state index is 4.03. The van der Waals surface area contributed by atoms with Gasteiger partial charge in [-0.3, -0.25) is 4.98 Å². The van der Waals surface area contributed by atoms with E-state index in [-0.39, 0.29) is 0 Å². The van der Waals surface area contributed by atoms with E-state index >= 15 is 0 Å². The molecule has 2 heteroatoms. The second kappa shape index (κ2) is 5.44. The molecule has 0 saturated heterocycles. The highest BCUT2D eigenvalue weighted by atomic mass is 14.9. The third-order valence-electron chi connectivity index (χ3n) is 3.94. The van der Waals surface area contributed by atoms with Gasteiger partial charge in [-0.15, -0.1) is 0 Å². The molecule has 0 aliphatic heterocycles. The summed E-state index contributed by atoms with van der Waals surface area (Å²) >= 11 is 0. The number of rotatable bonds is 3. The zero-order valence-corrected chi connectivity index (χ0v) is 10.3. The molecule has 2 nitrogen and oxygen atoms in total. The minimum absolute atomic E-state index is 0.708. The zero-order chi connectivity index (χ0) is 11.4. The van der Waals surface area contributed by atoms with Crippen molar-refractivity contribution in [2.45, 2.75) is 45.7 Å². The average Bonchev–Trinajstić information content (AvgIpc) is 2.32. The van der Waals surface area contributed by atoms with Crippen molar-refractivity contribution in [3.63, 3.8) is 0 Å². The third-order valence-corrected chi connectivity index (χ3v) is 3.94. The van der Waals surface area contributed by atoms with Crippen molar-refractivity contribution < 1.29 is 0 Å². The number of hydrogen-bond acceptors (Lipinski definition) is 2. The van der Waals surface area contributed by atoms with Crippen LogP contribution in [0.4, 0.5) is 0 Å². The largest absolute Gasteiger partial charge is 0.310 e. The summed E-state index contributed by atoms with van der Waals surface area (Å²) in [5, 5.41) is 3.66. The fourth-order valence-electron chi connectivity index (χ4n) is 2.50. The number of nitrogens with zero attached hydrogens (tertiary/aromatic N) is 1. The van der Waals surface area contributed by atoms with Crippen LogP contribution in [0.2, 0.25) is 0 Å². The van der Waals surface area contributed by atoms with Gasteiger partial charge in [-0.05, 0) is 48.8 Å². The topological polar surface area (TPSA) is 24.9 Å². The van der Waals surface area contributed by atoms with Gasteiger partial charge >= 0.3 is 0 Å². The molecular formula is C14H22N2. The lowest BCUT2D eigenvalue weighted by Gasteiger charge is -2.32. The summed E-state index contributed by atoms with van der Waals surface area (Å²) in [7, 11) is 0. The van der Waals surface area contributed by atoms with Crippen LogP contribution >= 0.6 is 0 Å². The van der Waals surface area contributed by atoms with E-state index in [1.807, 2.05) is 12.4 Å². The Morgan fingerprint density at radius 2 is 1.94 bits per heavy atom. The number of aromatic nitrogens is 1. The summed E-state index contributed by atoms with van der Waals surface area (Å²) in [5.74, 6) is 1.77. The van der Waals surface area contributed by atoms with E-state index < -0.39 is 0 Å². The van der Waals surface area contributed by atoms with Gasteiger partial charge in [0.05, 0.1) is 0 Å². The van der Waals surface area contributed by atoms with E-state index in [1.165, 1.54) is 24.8 Å². The van der Waals surface area contributed by atoms with Gasteiger partial charge in [-0.25, -0.2) is 0 Å². The molecule has 0 spiro atoms. The second-order valence-electron chi connectivity index (χ2n) is 5.20. The monoisotopic (exact) mass is 218 g/mol. The average molecular weight is 218 g/mol. The lowest BCUT2D eigenvalue weighted by atomic mass is 9.79. The molecule has 1 N–H and O–H groups in total. The van der Waals surface area contributed by atoms with Crippen molar-refractivity contribution in [1.29, 1.82) is 0 Å². The molecule has 1 aromatic heterocycles. The Balaban J connectivity index is 1.79. The fraction of sp³-hybridized carbons (Fsp3) is 0.643. The minimum atomic E-state index is 0.708. The first-order chi connectivity index (χ1) is 7.75. The summed E-state index contributed by atoms with van der Waals surface area (Å²) in [6.07, 6.45) is 7.75. The molecule has 88 valence electrons. The molecule has 1 heterocycles. The predicted molar refractivity (Wildman–Crippen MR) is 67.0 cm³/mol. The van der Waals surface area contributed by atoms with E-state index in [9.17, 15) is 0 Å². The van der Waals surface area contributed by atoms with Crippen molar-refractivity contribution in [2.24, 2.45) is 11.8 Å². The Morgan fingerprint density at radius 3 is 2.62 bits per heavy atom. The first-order valence-electron chi connectivity index (χ1n) is 6.38. The van der Waals surface area contributed by atoms with Crippen LogP contribution in [0.25, 0.3) is 0 Å². The Labute approximate surface area is 98.5 Å². The fourth-order valence-corrected chi connectivity index (χ4v) is 2.50. The summed E-state index contributed by atoms with van der Waals surface area (Å²) in [4.78, 5) is 4.03. The van der Waals surface area contributed by atoms with E-state index in [4.69, 9.17) is 0 Å². The zero-order valence-electron chi connectivity index (χ0n) is 10.3. The van der Waals surface area contributed by atoms with E-state index in [1.54, 1.807) is 0 Å². The van der Waals surface area contributed by atoms with Crippen molar-refractivity contribution >= 4 is 0 Å². The second-order valence-corrected chi connectivity index (χ2v) is 5.20. The molecule has 3 unspecified atom stereocenters. The minimum Gasteiger partial charge on any atom is -0.310 e. The lowest BCUT2D eigenvalue weighted by Crippen LogP contribution is -2.35. The molecule has 0 radical (unpaired) electrons. The van der Waals surface area contributed by atoms with Gasteiger partial charge in [0.25, 0.3) is 0 Å². The molecule has 1 saturated carbocycles. The van der Waals surface area contributed by atoms with E-state index in [0.717, 1.165) is 18.4 Å². The van der Waals surface area contributed by atoms with Gasteiger partial charge < -0.3 is 5.32 Å². The van der Waals surface area contributed by atoms with Gasteiger partial charge in [0.2, 0.25) is 0 Å². The van der Waals surface area contributed by atoms with Crippen LogP contribution in [0.15, 0.2) is 24.5 Å². The van der Waals surface area contributed by atoms with Crippen LogP contribution in [-0.4, -0.2) is 11.0 Å².